The van der Waals surface area contributed by atoms with Crippen LogP contribution in [0.3, 0.4) is 0 Å². The molecule has 0 bridgehead atoms. The van der Waals surface area contributed by atoms with Crippen molar-refractivity contribution >= 4 is 29.9 Å². The van der Waals surface area contributed by atoms with Crippen molar-refractivity contribution in [2.24, 2.45) is 0 Å². The summed E-state index contributed by atoms with van der Waals surface area (Å²) >= 11 is 0. The second-order valence-electron chi connectivity index (χ2n) is 2.51. The summed E-state index contributed by atoms with van der Waals surface area (Å²) in [5, 5.41) is 51.8. The van der Waals surface area contributed by atoms with E-state index in [1.165, 1.54) is 0 Å². The molecule has 4 atom stereocenters. The van der Waals surface area contributed by atoms with Gasteiger partial charge in [0.05, 0.1) is 6.61 Å². The van der Waals surface area contributed by atoms with E-state index in [9.17, 15) is 4.79 Å². The summed E-state index contributed by atoms with van der Waals surface area (Å²) < 4.78 is 0. The Labute approximate surface area is 106 Å². The molecule has 0 amide bonds. The minimum atomic E-state index is -2.20. The number of aliphatic hydroxyl groups excluding tert-OH is 5. The molecule has 10 heteroatoms. The fourth-order valence-corrected chi connectivity index (χ4v) is 0.668. The number of carboxylic acids is 1. The normalized spacial score (nSPS) is 16.6. The van der Waals surface area contributed by atoms with Gasteiger partial charge >= 0.3 is 29.9 Å². The molecule has 0 aromatic carbocycles. The predicted molar refractivity (Wildman–Crippen MR) is 44.5 cm³/mol. The van der Waals surface area contributed by atoms with E-state index in [0.29, 0.717) is 0 Å². The second kappa shape index (κ2) is 11.4. The third kappa shape index (κ3) is 7.24. The van der Waals surface area contributed by atoms with Gasteiger partial charge in [0.15, 0.2) is 6.10 Å². The van der Waals surface area contributed by atoms with E-state index in [1.54, 1.807) is 0 Å². The summed E-state index contributed by atoms with van der Waals surface area (Å²) in [4.78, 5) is 10.1. The molecule has 0 saturated heterocycles. The van der Waals surface area contributed by atoms with Gasteiger partial charge in [-0.3, -0.25) is 0 Å². The van der Waals surface area contributed by atoms with Gasteiger partial charge in [0.2, 0.25) is 0 Å². The molecular weight excluding hydrogens is 341 g/mol. The second-order valence-corrected chi connectivity index (χ2v) is 2.51. The predicted octanol–water partition coefficient (Wildman–Crippen LogP) is -9.87. The summed E-state index contributed by atoms with van der Waals surface area (Å²) in [7, 11) is 0. The summed E-state index contributed by atoms with van der Waals surface area (Å²) in [6, 6.07) is 0. The molecule has 0 heterocycles. The Hall–Kier alpha value is -0.0713. The van der Waals surface area contributed by atoms with Crippen molar-refractivity contribution in [1.82, 2.24) is 0 Å². The Bertz CT molecular complexity index is 184. The average Bonchev–Trinajstić information content (AvgIpc) is 2.12. The van der Waals surface area contributed by atoms with E-state index < -0.39 is 37.0 Å². The SMILES string of the molecule is O=C(O)[C@H](O)[C@@H](O)[C@H](O)[C@H](O)CO.[F-].[F-].[Sn+2]. The number of aliphatic hydroxyl groups is 5. The van der Waals surface area contributed by atoms with Crippen molar-refractivity contribution in [2.45, 2.75) is 24.4 Å². The fourth-order valence-electron chi connectivity index (χ4n) is 0.668. The van der Waals surface area contributed by atoms with Gasteiger partial charge in [-0.1, -0.05) is 0 Å². The zero-order valence-electron chi connectivity index (χ0n) is 7.86. The standard InChI is InChI=1S/C6H12O7.2FH.Sn/c7-1-2(8)3(9)4(10)5(11)6(12)13;;;/h2-5,7-11H,1H2,(H,12,13);2*1H;/q;;;+2/p-2/t2-,3-,4+,5-;;;/m1.../s1. The number of aliphatic carboxylic acids is 1. The number of carboxylic acid groups (broad SMARTS) is 1. The summed E-state index contributed by atoms with van der Waals surface area (Å²) in [5.74, 6) is -1.73. The molecule has 0 rings (SSSR count). The zero-order valence-corrected chi connectivity index (χ0v) is 10.7. The van der Waals surface area contributed by atoms with E-state index in [4.69, 9.17) is 30.6 Å². The van der Waals surface area contributed by atoms with Crippen molar-refractivity contribution in [3.63, 3.8) is 0 Å². The zero-order chi connectivity index (χ0) is 10.6. The van der Waals surface area contributed by atoms with Crippen LogP contribution < -0.4 is 9.41 Å². The van der Waals surface area contributed by atoms with Gasteiger partial charge in [-0.2, -0.15) is 0 Å². The quantitative estimate of drug-likeness (QED) is 0.270. The molecule has 0 spiro atoms. The fraction of sp³-hybridized carbons (Fsp3) is 0.833. The topological polar surface area (TPSA) is 138 Å². The molecule has 2 radical (unpaired) electrons. The molecule has 6 N–H and O–H groups in total. The Morgan fingerprint density at radius 3 is 1.62 bits per heavy atom. The van der Waals surface area contributed by atoms with Gasteiger partial charge < -0.3 is 40.0 Å². The molecule has 0 aliphatic rings. The van der Waals surface area contributed by atoms with Crippen LogP contribution in [0.25, 0.3) is 0 Å². The van der Waals surface area contributed by atoms with Crippen molar-refractivity contribution in [3.05, 3.63) is 0 Å². The molecule has 0 unspecified atom stereocenters. The van der Waals surface area contributed by atoms with Gasteiger partial charge in [-0.15, -0.1) is 0 Å². The van der Waals surface area contributed by atoms with E-state index >= 15 is 0 Å². The summed E-state index contributed by atoms with van der Waals surface area (Å²) in [6.45, 7) is -0.843. The van der Waals surface area contributed by atoms with Crippen LogP contribution in [0.5, 0.6) is 0 Å². The minimum Gasteiger partial charge on any atom is -1.00 e. The van der Waals surface area contributed by atoms with E-state index in [1.807, 2.05) is 0 Å². The van der Waals surface area contributed by atoms with Crippen LogP contribution in [0.15, 0.2) is 0 Å². The van der Waals surface area contributed by atoms with Crippen molar-refractivity contribution in [3.8, 4) is 0 Å². The average molecular weight is 353 g/mol. The summed E-state index contributed by atoms with van der Waals surface area (Å²) in [6.07, 6.45) is -7.84. The Morgan fingerprint density at radius 2 is 1.38 bits per heavy atom. The Morgan fingerprint density at radius 1 is 1.00 bits per heavy atom. The van der Waals surface area contributed by atoms with Gasteiger partial charge in [0, 0.05) is 0 Å². The van der Waals surface area contributed by atoms with Crippen LogP contribution >= 0.6 is 0 Å². The van der Waals surface area contributed by atoms with E-state index in [0.717, 1.165) is 0 Å². The molecule has 0 fully saturated rings. The van der Waals surface area contributed by atoms with Gasteiger partial charge in [-0.05, 0) is 0 Å². The first-order valence-electron chi connectivity index (χ1n) is 3.47. The molecular formula is C6H12F2O7Sn. The molecule has 16 heavy (non-hydrogen) atoms. The molecule has 0 aromatic rings. The molecule has 0 aromatic heterocycles. The Balaban J connectivity index is -0.000000240. The third-order valence-corrected chi connectivity index (χ3v) is 1.51. The maximum atomic E-state index is 10.1. The van der Waals surface area contributed by atoms with E-state index in [2.05, 4.69) is 0 Å². The molecule has 96 valence electrons. The van der Waals surface area contributed by atoms with Crippen molar-refractivity contribution in [2.75, 3.05) is 6.61 Å². The van der Waals surface area contributed by atoms with Crippen LogP contribution in [0.1, 0.15) is 0 Å². The number of halogens is 2. The summed E-state index contributed by atoms with van der Waals surface area (Å²) in [5.41, 5.74) is 0. The smallest absolute Gasteiger partial charge is 1.00 e. The van der Waals surface area contributed by atoms with Gasteiger partial charge in [0.1, 0.15) is 18.3 Å². The maximum absolute atomic E-state index is 10.1. The van der Waals surface area contributed by atoms with Crippen molar-refractivity contribution < 1.29 is 44.8 Å². The number of hydrogen-bond acceptors (Lipinski definition) is 6. The van der Waals surface area contributed by atoms with Gasteiger partial charge in [-0.25, -0.2) is 4.79 Å². The largest absolute Gasteiger partial charge is 2.00 e. The molecule has 0 saturated carbocycles. The first-order valence-corrected chi connectivity index (χ1v) is 3.47. The number of rotatable bonds is 5. The van der Waals surface area contributed by atoms with E-state index in [-0.39, 0.29) is 33.3 Å². The van der Waals surface area contributed by atoms with Crippen LogP contribution in [-0.4, -0.2) is 91.5 Å². The number of hydrogen-bond donors (Lipinski definition) is 6. The van der Waals surface area contributed by atoms with Crippen molar-refractivity contribution in [1.29, 1.82) is 0 Å². The maximum Gasteiger partial charge on any atom is 2.00 e. The van der Waals surface area contributed by atoms with Crippen LogP contribution in [0.2, 0.25) is 0 Å². The first-order chi connectivity index (χ1) is 5.91. The molecule has 0 aliphatic heterocycles. The van der Waals surface area contributed by atoms with Crippen LogP contribution in [0.4, 0.5) is 0 Å². The third-order valence-electron chi connectivity index (χ3n) is 1.51. The van der Waals surface area contributed by atoms with Crippen LogP contribution in [0, 0.1) is 0 Å². The minimum absolute atomic E-state index is 0. The monoisotopic (exact) mass is 354 g/mol. The van der Waals surface area contributed by atoms with Crippen LogP contribution in [-0.2, 0) is 4.79 Å². The molecule has 7 nitrogen and oxygen atoms in total. The first kappa shape index (κ1) is 24.9. The van der Waals surface area contributed by atoms with Gasteiger partial charge in [0.25, 0.3) is 0 Å². The number of carbonyl (C=O) groups is 1. The molecule has 0 aliphatic carbocycles. The Kier molecular flexibility index (Phi) is 17.8.